The van der Waals surface area contributed by atoms with E-state index in [1.165, 1.54) is 50.3 Å². The van der Waals surface area contributed by atoms with E-state index >= 15 is 0 Å². The highest BCUT2D eigenvalue weighted by atomic mass is 79.9. The van der Waals surface area contributed by atoms with E-state index < -0.39 is 0 Å². The summed E-state index contributed by atoms with van der Waals surface area (Å²) >= 11 is 11.8. The summed E-state index contributed by atoms with van der Waals surface area (Å²) in [5, 5.41) is 1.42. The van der Waals surface area contributed by atoms with Crippen molar-refractivity contribution in [1.29, 1.82) is 0 Å². The van der Waals surface area contributed by atoms with E-state index in [0.717, 1.165) is 51.4 Å². The molecule has 2 aliphatic carbocycles. The topological polar surface area (TPSA) is 41.9 Å². The number of ether oxygens (including phenoxy) is 1. The van der Waals surface area contributed by atoms with E-state index in [9.17, 15) is 4.79 Å². The van der Waals surface area contributed by atoms with Crippen LogP contribution in [-0.4, -0.2) is 28.1 Å². The van der Waals surface area contributed by atoms with E-state index in [0.29, 0.717) is 23.4 Å². The fraction of sp³-hybridized carbons (Fsp3) is 0.448. The number of nitrogens with zero attached hydrogens (tertiary/aromatic N) is 2. The molecule has 0 spiro atoms. The van der Waals surface area contributed by atoms with Crippen molar-refractivity contribution in [3.63, 3.8) is 0 Å². The first-order valence-electron chi connectivity index (χ1n) is 13.0. The van der Waals surface area contributed by atoms with Crippen LogP contribution in [0.4, 0.5) is 0 Å². The average molecular weight is 588 g/mol. The number of amidine groups is 1. The molecular weight excluding hydrogens is 556 g/mol. The van der Waals surface area contributed by atoms with Gasteiger partial charge in [-0.15, -0.1) is 0 Å². The molecule has 5 rings (SSSR count). The van der Waals surface area contributed by atoms with Gasteiger partial charge in [-0.3, -0.25) is 14.7 Å². The van der Waals surface area contributed by atoms with Gasteiger partial charge in [0.1, 0.15) is 6.61 Å². The van der Waals surface area contributed by atoms with E-state index in [1.54, 1.807) is 0 Å². The summed E-state index contributed by atoms with van der Waals surface area (Å²) in [6.45, 7) is 0.436. The van der Waals surface area contributed by atoms with Crippen LogP contribution in [0.1, 0.15) is 75.3 Å². The van der Waals surface area contributed by atoms with Gasteiger partial charge >= 0.3 is 0 Å². The summed E-state index contributed by atoms with van der Waals surface area (Å²) in [7, 11) is 0. The number of benzene rings is 2. The standard InChI is InChI=1S/C29H32BrClN2O2S/c30-24-16-21(17-25(31)27(24)35-19-20-10-4-1-5-11-20)18-26-28(34)33(23-14-8-3-9-15-23)29(36-26)32-22-12-6-2-7-13-22/h1,4-5,10-11,16-18,22-23H,2-3,6-9,12-15,19H2. The van der Waals surface area contributed by atoms with Crippen molar-refractivity contribution in [3.8, 4) is 5.75 Å². The lowest BCUT2D eigenvalue weighted by Crippen LogP contribution is -2.41. The zero-order valence-electron chi connectivity index (χ0n) is 20.4. The van der Waals surface area contributed by atoms with Gasteiger partial charge in [-0.2, -0.15) is 0 Å². The highest BCUT2D eigenvalue weighted by Crippen LogP contribution is 2.40. The normalized spacial score (nSPS) is 22.1. The van der Waals surface area contributed by atoms with E-state index in [1.807, 2.05) is 53.4 Å². The molecule has 0 bridgehead atoms. The number of hydrogen-bond donors (Lipinski definition) is 0. The molecule has 7 heteroatoms. The van der Waals surface area contributed by atoms with Gasteiger partial charge in [0.2, 0.25) is 0 Å². The number of amides is 1. The van der Waals surface area contributed by atoms with E-state index in [4.69, 9.17) is 21.3 Å². The van der Waals surface area contributed by atoms with Crippen molar-refractivity contribution in [2.75, 3.05) is 0 Å². The minimum atomic E-state index is 0.0816. The maximum Gasteiger partial charge on any atom is 0.266 e. The van der Waals surface area contributed by atoms with Crippen molar-refractivity contribution in [1.82, 2.24) is 4.90 Å². The van der Waals surface area contributed by atoms with Crippen molar-refractivity contribution in [2.24, 2.45) is 4.99 Å². The van der Waals surface area contributed by atoms with Crippen LogP contribution in [-0.2, 0) is 11.4 Å². The molecule has 3 fully saturated rings. The summed E-state index contributed by atoms with van der Waals surface area (Å²) in [6, 6.07) is 14.4. The van der Waals surface area contributed by atoms with Gasteiger partial charge in [-0.25, -0.2) is 0 Å². The zero-order valence-corrected chi connectivity index (χ0v) is 23.6. The van der Waals surface area contributed by atoms with Gasteiger partial charge in [-0.1, -0.05) is 80.5 Å². The fourth-order valence-corrected chi connectivity index (χ4v) is 7.38. The average Bonchev–Trinajstić information content (AvgIpc) is 3.19. The van der Waals surface area contributed by atoms with Crippen LogP contribution in [0.2, 0.25) is 5.02 Å². The highest BCUT2D eigenvalue weighted by Gasteiger charge is 2.39. The number of halogens is 2. The molecule has 0 atom stereocenters. The quantitative estimate of drug-likeness (QED) is 0.318. The van der Waals surface area contributed by atoms with Crippen molar-refractivity contribution in [3.05, 3.63) is 68.0 Å². The third-order valence-corrected chi connectivity index (χ3v) is 9.06. The van der Waals surface area contributed by atoms with Crippen molar-refractivity contribution >= 4 is 56.4 Å². The largest absolute Gasteiger partial charge is 0.486 e. The van der Waals surface area contributed by atoms with Gasteiger partial charge in [0.05, 0.1) is 20.4 Å². The third kappa shape index (κ3) is 6.20. The summed E-state index contributed by atoms with van der Waals surface area (Å²) in [4.78, 5) is 21.5. The molecule has 36 heavy (non-hydrogen) atoms. The van der Waals surface area contributed by atoms with Gasteiger partial charge in [0.25, 0.3) is 5.91 Å². The van der Waals surface area contributed by atoms with Crippen LogP contribution < -0.4 is 4.74 Å². The molecule has 1 amide bonds. The summed E-state index contributed by atoms with van der Waals surface area (Å²) in [6.07, 6.45) is 13.7. The van der Waals surface area contributed by atoms with E-state index in [-0.39, 0.29) is 11.9 Å². The second kappa shape index (κ2) is 12.2. The van der Waals surface area contributed by atoms with E-state index in [2.05, 4.69) is 15.9 Å². The lowest BCUT2D eigenvalue weighted by molar-refractivity contribution is -0.124. The van der Waals surface area contributed by atoms with Gasteiger partial charge in [0, 0.05) is 6.04 Å². The molecule has 1 saturated heterocycles. The predicted octanol–water partition coefficient (Wildman–Crippen LogP) is 8.62. The molecule has 0 N–H and O–H groups in total. The SMILES string of the molecule is O=C1C(=Cc2cc(Cl)c(OCc3ccccc3)c(Br)c2)SC(=NC2CCCCC2)N1C1CCCCC1. The Morgan fingerprint density at radius 3 is 2.42 bits per heavy atom. The molecule has 2 aromatic carbocycles. The molecule has 3 aliphatic rings. The number of carbonyl (C=O) groups is 1. The Morgan fingerprint density at radius 2 is 1.72 bits per heavy atom. The van der Waals surface area contributed by atoms with Crippen LogP contribution in [0, 0.1) is 0 Å². The number of rotatable bonds is 6. The molecular formula is C29H32BrClN2O2S. The lowest BCUT2D eigenvalue weighted by Gasteiger charge is -2.31. The Morgan fingerprint density at radius 1 is 1.03 bits per heavy atom. The monoisotopic (exact) mass is 586 g/mol. The summed E-state index contributed by atoms with van der Waals surface area (Å²) in [5.74, 6) is 0.689. The first-order chi connectivity index (χ1) is 17.6. The number of aliphatic imine (C=N–C) groups is 1. The first kappa shape index (κ1) is 25.9. The minimum Gasteiger partial charge on any atom is -0.486 e. The molecule has 1 heterocycles. The third-order valence-electron chi connectivity index (χ3n) is 7.19. The Hall–Kier alpha value is -1.76. The molecule has 2 saturated carbocycles. The second-order valence-corrected chi connectivity index (χ2v) is 12.1. The Labute approximate surface area is 231 Å². The zero-order chi connectivity index (χ0) is 24.9. The minimum absolute atomic E-state index is 0.0816. The van der Waals surface area contributed by atoms with Gasteiger partial charge in [-0.05, 0) is 82.7 Å². The van der Waals surface area contributed by atoms with Crippen LogP contribution in [0.25, 0.3) is 6.08 Å². The highest BCUT2D eigenvalue weighted by molar-refractivity contribution is 9.10. The molecule has 0 radical (unpaired) electrons. The van der Waals surface area contributed by atoms with Crippen LogP contribution in [0.3, 0.4) is 0 Å². The lowest BCUT2D eigenvalue weighted by atomic mass is 9.94. The molecule has 2 aromatic rings. The van der Waals surface area contributed by atoms with Gasteiger partial charge < -0.3 is 4.74 Å². The molecule has 1 aliphatic heterocycles. The molecule has 190 valence electrons. The predicted molar refractivity (Wildman–Crippen MR) is 154 cm³/mol. The number of carbonyl (C=O) groups excluding carboxylic acids is 1. The maximum atomic E-state index is 13.6. The Bertz CT molecular complexity index is 1120. The molecule has 4 nitrogen and oxygen atoms in total. The Kier molecular flexibility index (Phi) is 8.76. The number of hydrogen-bond acceptors (Lipinski definition) is 4. The van der Waals surface area contributed by atoms with Crippen molar-refractivity contribution in [2.45, 2.75) is 82.9 Å². The van der Waals surface area contributed by atoms with Crippen LogP contribution >= 0.6 is 39.3 Å². The summed E-state index contributed by atoms with van der Waals surface area (Å²) in [5.41, 5.74) is 1.95. The van der Waals surface area contributed by atoms with Crippen molar-refractivity contribution < 1.29 is 9.53 Å². The second-order valence-electron chi connectivity index (χ2n) is 9.87. The van der Waals surface area contributed by atoms with Crippen LogP contribution in [0.15, 0.2) is 56.8 Å². The first-order valence-corrected chi connectivity index (χ1v) is 15.0. The molecule has 0 unspecified atom stereocenters. The van der Waals surface area contributed by atoms with Gasteiger partial charge in [0.15, 0.2) is 10.9 Å². The summed E-state index contributed by atoms with van der Waals surface area (Å²) < 4.78 is 6.77. The molecule has 0 aromatic heterocycles. The maximum absolute atomic E-state index is 13.6. The van der Waals surface area contributed by atoms with Crippen LogP contribution in [0.5, 0.6) is 5.75 Å². The number of thioether (sulfide) groups is 1. The Balaban J connectivity index is 1.38. The smallest absolute Gasteiger partial charge is 0.266 e. The fourth-order valence-electron chi connectivity index (χ4n) is 5.29.